The standard InChI is InChI=1S/C14H18N2OS2/c1-11-10-19-14(16-11)18-8-2-7-17-13-5-3-12(9-15)4-6-13/h3-6,10H,2,7-9,15H2,1H3. The van der Waals surface area contributed by atoms with Gasteiger partial charge in [-0.25, -0.2) is 4.98 Å². The van der Waals surface area contributed by atoms with Crippen LogP contribution in [0, 0.1) is 6.92 Å². The fraction of sp³-hybridized carbons (Fsp3) is 0.357. The number of hydrogen-bond donors (Lipinski definition) is 1. The minimum Gasteiger partial charge on any atom is -0.494 e. The molecule has 1 heterocycles. The van der Waals surface area contributed by atoms with Gasteiger partial charge in [-0.1, -0.05) is 23.9 Å². The number of ether oxygens (including phenoxy) is 1. The van der Waals surface area contributed by atoms with Gasteiger partial charge in [0.05, 0.1) is 6.61 Å². The molecule has 0 atom stereocenters. The van der Waals surface area contributed by atoms with Gasteiger partial charge < -0.3 is 10.5 Å². The van der Waals surface area contributed by atoms with E-state index in [4.69, 9.17) is 10.5 Å². The number of thioether (sulfide) groups is 1. The highest BCUT2D eigenvalue weighted by molar-refractivity contribution is 8.00. The third-order valence-corrected chi connectivity index (χ3v) is 4.77. The predicted octanol–water partition coefficient (Wildman–Crippen LogP) is 3.47. The van der Waals surface area contributed by atoms with E-state index in [0.717, 1.165) is 40.1 Å². The van der Waals surface area contributed by atoms with E-state index >= 15 is 0 Å². The van der Waals surface area contributed by atoms with E-state index < -0.39 is 0 Å². The van der Waals surface area contributed by atoms with E-state index in [1.807, 2.05) is 31.2 Å². The average Bonchev–Trinajstić information content (AvgIpc) is 2.85. The van der Waals surface area contributed by atoms with Crippen molar-refractivity contribution >= 4 is 23.1 Å². The Labute approximate surface area is 122 Å². The normalized spacial score (nSPS) is 10.6. The Bertz CT molecular complexity index is 496. The van der Waals surface area contributed by atoms with Crippen LogP contribution in [0.15, 0.2) is 34.0 Å². The van der Waals surface area contributed by atoms with E-state index in [9.17, 15) is 0 Å². The lowest BCUT2D eigenvalue weighted by Gasteiger charge is -2.06. The molecule has 0 radical (unpaired) electrons. The van der Waals surface area contributed by atoms with E-state index in [-0.39, 0.29) is 0 Å². The van der Waals surface area contributed by atoms with Gasteiger partial charge in [0, 0.05) is 23.4 Å². The molecule has 0 spiro atoms. The molecule has 1 aromatic heterocycles. The van der Waals surface area contributed by atoms with Crippen molar-refractivity contribution in [3.63, 3.8) is 0 Å². The lowest BCUT2D eigenvalue weighted by atomic mass is 10.2. The second-order valence-electron chi connectivity index (χ2n) is 4.15. The maximum atomic E-state index is 5.68. The maximum Gasteiger partial charge on any atom is 0.150 e. The first-order valence-electron chi connectivity index (χ1n) is 6.24. The van der Waals surface area contributed by atoms with Crippen LogP contribution in [0.25, 0.3) is 0 Å². The summed E-state index contributed by atoms with van der Waals surface area (Å²) in [5.74, 6) is 1.95. The fourth-order valence-electron chi connectivity index (χ4n) is 1.53. The maximum absolute atomic E-state index is 5.68. The van der Waals surface area contributed by atoms with E-state index in [2.05, 4.69) is 10.4 Å². The summed E-state index contributed by atoms with van der Waals surface area (Å²) in [6, 6.07) is 7.95. The highest BCUT2D eigenvalue weighted by Gasteiger charge is 1.99. The molecule has 19 heavy (non-hydrogen) atoms. The Balaban J connectivity index is 1.63. The van der Waals surface area contributed by atoms with Crippen molar-refractivity contribution in [1.82, 2.24) is 4.98 Å². The predicted molar refractivity (Wildman–Crippen MR) is 82.0 cm³/mol. The van der Waals surface area contributed by atoms with Gasteiger partial charge in [0.2, 0.25) is 0 Å². The van der Waals surface area contributed by atoms with Crippen molar-refractivity contribution in [3.05, 3.63) is 40.9 Å². The Morgan fingerprint density at radius 2 is 2.11 bits per heavy atom. The summed E-state index contributed by atoms with van der Waals surface area (Å²) < 4.78 is 6.82. The summed E-state index contributed by atoms with van der Waals surface area (Å²) >= 11 is 3.50. The van der Waals surface area contributed by atoms with Gasteiger partial charge in [-0.3, -0.25) is 0 Å². The summed E-state index contributed by atoms with van der Waals surface area (Å²) in [5, 5.41) is 2.08. The highest BCUT2D eigenvalue weighted by Crippen LogP contribution is 2.22. The lowest BCUT2D eigenvalue weighted by molar-refractivity contribution is 0.318. The number of nitrogens with two attached hydrogens (primary N) is 1. The van der Waals surface area contributed by atoms with Gasteiger partial charge in [0.1, 0.15) is 10.1 Å². The highest BCUT2D eigenvalue weighted by atomic mass is 32.2. The molecular formula is C14H18N2OS2. The zero-order valence-corrected chi connectivity index (χ0v) is 12.6. The molecule has 2 aromatic rings. The lowest BCUT2D eigenvalue weighted by Crippen LogP contribution is -2.00. The molecule has 0 amide bonds. The SMILES string of the molecule is Cc1csc(SCCCOc2ccc(CN)cc2)n1. The van der Waals surface area contributed by atoms with Crippen molar-refractivity contribution in [2.75, 3.05) is 12.4 Å². The largest absolute Gasteiger partial charge is 0.494 e. The Kier molecular flexibility index (Phi) is 5.69. The molecule has 0 unspecified atom stereocenters. The van der Waals surface area contributed by atoms with E-state index in [1.165, 1.54) is 0 Å². The van der Waals surface area contributed by atoms with Crippen molar-refractivity contribution < 1.29 is 4.74 Å². The third-order valence-electron chi connectivity index (χ3n) is 2.54. The molecular weight excluding hydrogens is 276 g/mol. The number of aromatic nitrogens is 1. The molecule has 102 valence electrons. The van der Waals surface area contributed by atoms with Crippen LogP contribution in [0.2, 0.25) is 0 Å². The van der Waals surface area contributed by atoms with Crippen molar-refractivity contribution in [3.8, 4) is 5.75 Å². The van der Waals surface area contributed by atoms with Crippen LogP contribution < -0.4 is 10.5 Å². The van der Waals surface area contributed by atoms with Crippen LogP contribution in [0.5, 0.6) is 5.75 Å². The van der Waals surface area contributed by atoms with Gasteiger partial charge in [0.25, 0.3) is 0 Å². The number of hydrogen-bond acceptors (Lipinski definition) is 5. The Morgan fingerprint density at radius 1 is 1.32 bits per heavy atom. The molecule has 0 aliphatic rings. The molecule has 0 bridgehead atoms. The van der Waals surface area contributed by atoms with Crippen LogP contribution in [-0.4, -0.2) is 17.3 Å². The zero-order chi connectivity index (χ0) is 13.5. The summed E-state index contributed by atoms with van der Waals surface area (Å²) in [4.78, 5) is 4.41. The number of rotatable bonds is 7. The van der Waals surface area contributed by atoms with E-state index in [0.29, 0.717) is 6.54 Å². The molecule has 1 aromatic carbocycles. The van der Waals surface area contributed by atoms with Gasteiger partial charge in [-0.15, -0.1) is 11.3 Å². The average molecular weight is 294 g/mol. The van der Waals surface area contributed by atoms with Gasteiger partial charge in [-0.05, 0) is 31.0 Å². The molecule has 5 heteroatoms. The fourth-order valence-corrected chi connectivity index (χ4v) is 3.36. The summed E-state index contributed by atoms with van der Waals surface area (Å²) in [7, 11) is 0. The second kappa shape index (κ2) is 7.53. The Hall–Kier alpha value is -1.04. The van der Waals surface area contributed by atoms with Crippen LogP contribution in [0.1, 0.15) is 17.7 Å². The smallest absolute Gasteiger partial charge is 0.150 e. The molecule has 0 saturated carbocycles. The molecule has 0 fully saturated rings. The van der Waals surface area contributed by atoms with Gasteiger partial charge >= 0.3 is 0 Å². The molecule has 0 aliphatic carbocycles. The third kappa shape index (κ3) is 4.86. The first-order chi connectivity index (χ1) is 9.28. The quantitative estimate of drug-likeness (QED) is 0.627. The first-order valence-corrected chi connectivity index (χ1v) is 8.11. The topological polar surface area (TPSA) is 48.1 Å². The molecule has 0 aliphatic heterocycles. The van der Waals surface area contributed by atoms with Crippen LogP contribution in [-0.2, 0) is 6.54 Å². The summed E-state index contributed by atoms with van der Waals surface area (Å²) in [6.45, 7) is 3.33. The molecule has 2 N–H and O–H groups in total. The number of benzene rings is 1. The van der Waals surface area contributed by atoms with Gasteiger partial charge in [0.15, 0.2) is 0 Å². The minimum absolute atomic E-state index is 0.574. The summed E-state index contributed by atoms with van der Waals surface area (Å²) in [5.41, 5.74) is 7.78. The number of aryl methyl sites for hydroxylation is 1. The van der Waals surface area contributed by atoms with Crippen LogP contribution in [0.3, 0.4) is 0 Å². The first kappa shape index (κ1) is 14.4. The number of nitrogens with zero attached hydrogens (tertiary/aromatic N) is 1. The molecule has 0 saturated heterocycles. The summed E-state index contributed by atoms with van der Waals surface area (Å²) in [6.07, 6.45) is 1.02. The Morgan fingerprint density at radius 3 is 2.74 bits per heavy atom. The second-order valence-corrected chi connectivity index (χ2v) is 6.35. The van der Waals surface area contributed by atoms with Crippen LogP contribution >= 0.6 is 23.1 Å². The minimum atomic E-state index is 0.574. The van der Waals surface area contributed by atoms with Crippen LogP contribution in [0.4, 0.5) is 0 Å². The number of thiazole rings is 1. The molecule has 2 rings (SSSR count). The van der Waals surface area contributed by atoms with Crippen molar-refractivity contribution in [2.45, 2.75) is 24.2 Å². The van der Waals surface area contributed by atoms with Gasteiger partial charge in [-0.2, -0.15) is 0 Å². The van der Waals surface area contributed by atoms with E-state index in [1.54, 1.807) is 23.1 Å². The van der Waals surface area contributed by atoms with Crippen molar-refractivity contribution in [2.24, 2.45) is 5.73 Å². The monoisotopic (exact) mass is 294 g/mol. The van der Waals surface area contributed by atoms with Crippen molar-refractivity contribution in [1.29, 1.82) is 0 Å². The zero-order valence-electron chi connectivity index (χ0n) is 11.0. The molecule has 3 nitrogen and oxygen atoms in total.